The van der Waals surface area contributed by atoms with E-state index in [1.807, 2.05) is 38.1 Å². The Morgan fingerprint density at radius 3 is 2.65 bits per heavy atom. The molecule has 0 bridgehead atoms. The van der Waals surface area contributed by atoms with E-state index in [4.69, 9.17) is 14.0 Å². The summed E-state index contributed by atoms with van der Waals surface area (Å²) in [5.41, 5.74) is 0.919. The second kappa shape index (κ2) is 12.3. The van der Waals surface area contributed by atoms with Crippen molar-refractivity contribution >= 4 is 11.6 Å². The van der Waals surface area contributed by atoms with Crippen molar-refractivity contribution in [2.45, 2.75) is 78.0 Å². The van der Waals surface area contributed by atoms with E-state index in [0.29, 0.717) is 30.3 Å². The molecule has 3 rings (SSSR count). The van der Waals surface area contributed by atoms with Crippen LogP contribution in [0.2, 0.25) is 0 Å². The summed E-state index contributed by atoms with van der Waals surface area (Å²) >= 11 is 0. The lowest BCUT2D eigenvalue weighted by Gasteiger charge is -2.22. The van der Waals surface area contributed by atoms with Gasteiger partial charge in [-0.3, -0.25) is 0 Å². The van der Waals surface area contributed by atoms with Gasteiger partial charge >= 0.3 is 0 Å². The Morgan fingerprint density at radius 1 is 1.19 bits per heavy atom. The fourth-order valence-electron chi connectivity index (χ4n) is 3.48. The highest BCUT2D eigenvalue weighted by Gasteiger charge is 2.13. The highest BCUT2D eigenvalue weighted by molar-refractivity contribution is 5.93. The van der Waals surface area contributed by atoms with E-state index >= 15 is 0 Å². The van der Waals surface area contributed by atoms with E-state index in [2.05, 4.69) is 25.8 Å². The topological polar surface area (TPSA) is 93.8 Å². The molecule has 1 saturated carbocycles. The Bertz CT molecular complexity index is 798. The van der Waals surface area contributed by atoms with Crippen LogP contribution in [0.5, 0.6) is 5.75 Å². The maximum absolute atomic E-state index is 6.01. The molecule has 8 nitrogen and oxygen atoms in total. The van der Waals surface area contributed by atoms with Crippen molar-refractivity contribution in [1.29, 1.82) is 0 Å². The van der Waals surface area contributed by atoms with Crippen molar-refractivity contribution in [3.8, 4) is 5.75 Å². The van der Waals surface area contributed by atoms with Crippen molar-refractivity contribution in [2.75, 3.05) is 18.5 Å². The molecule has 2 N–H and O–H groups in total. The molecule has 8 heteroatoms. The number of aromatic nitrogens is 2. The molecule has 0 amide bonds. The van der Waals surface area contributed by atoms with Gasteiger partial charge in [0.05, 0.1) is 12.2 Å². The third kappa shape index (κ3) is 8.57. The van der Waals surface area contributed by atoms with E-state index in [9.17, 15) is 0 Å². The average Bonchev–Trinajstić information content (AvgIpc) is 3.18. The molecular weight excluding hydrogens is 394 g/mol. The number of anilines is 1. The average molecular weight is 430 g/mol. The van der Waals surface area contributed by atoms with Crippen LogP contribution >= 0.6 is 0 Å². The van der Waals surface area contributed by atoms with Gasteiger partial charge in [-0.2, -0.15) is 4.98 Å². The van der Waals surface area contributed by atoms with E-state index in [-0.39, 0.29) is 6.10 Å². The smallest absolute Gasteiger partial charge is 0.248 e. The SMILES string of the molecule is Cc1noc(CN=C(NCCCOC2CCCCC2)Nc2ccc(OC(C)C)cc2)n1. The van der Waals surface area contributed by atoms with Crippen LogP contribution in [-0.2, 0) is 11.3 Å². The first-order chi connectivity index (χ1) is 15.1. The summed E-state index contributed by atoms with van der Waals surface area (Å²) in [6, 6.07) is 7.83. The van der Waals surface area contributed by atoms with Crippen molar-refractivity contribution in [3.05, 3.63) is 36.0 Å². The van der Waals surface area contributed by atoms with Crippen LogP contribution in [-0.4, -0.2) is 41.5 Å². The third-order valence-electron chi connectivity index (χ3n) is 4.95. The van der Waals surface area contributed by atoms with Gasteiger partial charge in [-0.05, 0) is 64.3 Å². The molecule has 170 valence electrons. The third-order valence-corrected chi connectivity index (χ3v) is 4.95. The minimum atomic E-state index is 0.145. The molecule has 0 aliphatic heterocycles. The van der Waals surface area contributed by atoms with Crippen LogP contribution in [0.4, 0.5) is 5.69 Å². The van der Waals surface area contributed by atoms with Gasteiger partial charge in [-0.25, -0.2) is 4.99 Å². The lowest BCUT2D eigenvalue weighted by Crippen LogP contribution is -2.32. The van der Waals surface area contributed by atoms with E-state index < -0.39 is 0 Å². The summed E-state index contributed by atoms with van der Waals surface area (Å²) in [6.45, 7) is 7.64. The molecule has 0 saturated heterocycles. The molecule has 0 unspecified atom stereocenters. The molecule has 1 aromatic heterocycles. The fourth-order valence-corrected chi connectivity index (χ4v) is 3.48. The summed E-state index contributed by atoms with van der Waals surface area (Å²) in [7, 11) is 0. The first-order valence-corrected chi connectivity index (χ1v) is 11.3. The predicted octanol–water partition coefficient (Wildman–Crippen LogP) is 4.46. The summed E-state index contributed by atoms with van der Waals surface area (Å²) in [4.78, 5) is 8.80. The molecule has 1 fully saturated rings. The zero-order valence-electron chi connectivity index (χ0n) is 18.9. The number of nitrogens with zero attached hydrogens (tertiary/aromatic N) is 3. The van der Waals surface area contributed by atoms with Crippen LogP contribution in [0.3, 0.4) is 0 Å². The van der Waals surface area contributed by atoms with Gasteiger partial charge in [-0.15, -0.1) is 0 Å². The molecule has 1 aromatic carbocycles. The van der Waals surface area contributed by atoms with Gasteiger partial charge in [0.1, 0.15) is 12.3 Å². The summed E-state index contributed by atoms with van der Waals surface area (Å²) in [5.74, 6) is 2.59. The molecule has 2 aromatic rings. The van der Waals surface area contributed by atoms with Gasteiger partial charge in [-0.1, -0.05) is 24.4 Å². The summed E-state index contributed by atoms with van der Waals surface area (Å²) in [6.07, 6.45) is 7.82. The van der Waals surface area contributed by atoms with Gasteiger partial charge in [0.25, 0.3) is 0 Å². The van der Waals surface area contributed by atoms with E-state index in [1.54, 1.807) is 6.92 Å². The van der Waals surface area contributed by atoms with Crippen molar-refractivity contribution in [1.82, 2.24) is 15.5 Å². The first kappa shape index (κ1) is 23.1. The lowest BCUT2D eigenvalue weighted by atomic mass is 9.98. The summed E-state index contributed by atoms with van der Waals surface area (Å²) in [5, 5.41) is 10.5. The molecule has 31 heavy (non-hydrogen) atoms. The number of benzene rings is 1. The summed E-state index contributed by atoms with van der Waals surface area (Å²) < 4.78 is 16.9. The maximum Gasteiger partial charge on any atom is 0.248 e. The number of rotatable bonds is 10. The van der Waals surface area contributed by atoms with Gasteiger partial charge in [0, 0.05) is 18.8 Å². The van der Waals surface area contributed by atoms with Crippen molar-refractivity contribution < 1.29 is 14.0 Å². The molecule has 1 heterocycles. The number of guanidine groups is 1. The molecular formula is C23H35N5O3. The van der Waals surface area contributed by atoms with E-state index in [1.165, 1.54) is 32.1 Å². The number of nitrogens with one attached hydrogen (secondary N) is 2. The quantitative estimate of drug-likeness (QED) is 0.327. The van der Waals surface area contributed by atoms with Crippen LogP contribution in [0, 0.1) is 6.92 Å². The largest absolute Gasteiger partial charge is 0.491 e. The molecule has 0 radical (unpaired) electrons. The minimum absolute atomic E-state index is 0.145. The van der Waals surface area contributed by atoms with Crippen LogP contribution in [0.15, 0.2) is 33.8 Å². The van der Waals surface area contributed by atoms with Crippen LogP contribution < -0.4 is 15.4 Å². The molecule has 1 aliphatic rings. The van der Waals surface area contributed by atoms with Gasteiger partial charge < -0.3 is 24.6 Å². The number of hydrogen-bond acceptors (Lipinski definition) is 6. The normalized spacial score (nSPS) is 15.3. The van der Waals surface area contributed by atoms with Crippen molar-refractivity contribution in [2.24, 2.45) is 4.99 Å². The zero-order chi connectivity index (χ0) is 21.9. The standard InChI is InChI=1S/C23H35N5O3/c1-17(2)30-21-12-10-19(11-13-21)27-23(25-16-22-26-18(3)28-31-22)24-14-7-15-29-20-8-5-4-6-9-20/h10-13,17,20H,4-9,14-16H2,1-3H3,(H2,24,25,27). The Labute approximate surface area is 184 Å². The van der Waals surface area contributed by atoms with E-state index in [0.717, 1.165) is 31.0 Å². The molecule has 0 spiro atoms. The van der Waals surface area contributed by atoms with Crippen LogP contribution in [0.1, 0.15) is 64.1 Å². The number of hydrogen-bond donors (Lipinski definition) is 2. The van der Waals surface area contributed by atoms with Gasteiger partial charge in [0.2, 0.25) is 5.89 Å². The molecule has 0 atom stereocenters. The van der Waals surface area contributed by atoms with Crippen molar-refractivity contribution in [3.63, 3.8) is 0 Å². The maximum atomic E-state index is 6.01. The second-order valence-corrected chi connectivity index (χ2v) is 8.13. The monoisotopic (exact) mass is 429 g/mol. The van der Waals surface area contributed by atoms with Crippen LogP contribution in [0.25, 0.3) is 0 Å². The second-order valence-electron chi connectivity index (χ2n) is 8.13. The lowest BCUT2D eigenvalue weighted by molar-refractivity contribution is 0.0277. The minimum Gasteiger partial charge on any atom is -0.491 e. The Balaban J connectivity index is 1.51. The first-order valence-electron chi connectivity index (χ1n) is 11.3. The fraction of sp³-hybridized carbons (Fsp3) is 0.609. The number of aryl methyl sites for hydroxylation is 1. The Kier molecular flexibility index (Phi) is 9.15. The number of aliphatic imine (C=N–C) groups is 1. The Morgan fingerprint density at radius 2 is 1.97 bits per heavy atom. The number of ether oxygens (including phenoxy) is 2. The zero-order valence-corrected chi connectivity index (χ0v) is 18.9. The molecule has 1 aliphatic carbocycles. The van der Waals surface area contributed by atoms with Gasteiger partial charge in [0.15, 0.2) is 11.8 Å². The Hall–Kier alpha value is -2.61. The highest BCUT2D eigenvalue weighted by Crippen LogP contribution is 2.20. The highest BCUT2D eigenvalue weighted by atomic mass is 16.5. The predicted molar refractivity (Wildman–Crippen MR) is 121 cm³/mol.